The second kappa shape index (κ2) is 6.37. The van der Waals surface area contributed by atoms with Gasteiger partial charge >= 0.3 is 0 Å². The zero-order chi connectivity index (χ0) is 14.0. The normalized spacial score (nSPS) is 10.7. The number of anilines is 1. The third kappa shape index (κ3) is 3.38. The van der Waals surface area contributed by atoms with Crippen molar-refractivity contribution in [1.82, 2.24) is 9.97 Å². The summed E-state index contributed by atoms with van der Waals surface area (Å²) in [6, 6.07) is 5.61. The Labute approximate surface area is 139 Å². The van der Waals surface area contributed by atoms with Crippen LogP contribution in [0.5, 0.6) is 0 Å². The van der Waals surface area contributed by atoms with Crippen molar-refractivity contribution in [1.29, 1.82) is 0 Å². The Hall–Kier alpha value is -0.400. The summed E-state index contributed by atoms with van der Waals surface area (Å²) < 4.78 is 1.76. The summed E-state index contributed by atoms with van der Waals surface area (Å²) in [5, 5.41) is 0.663. The molecule has 0 radical (unpaired) electrons. The van der Waals surface area contributed by atoms with Gasteiger partial charge in [-0.2, -0.15) is 0 Å². The lowest BCUT2D eigenvalue weighted by Crippen LogP contribution is -2.05. The summed E-state index contributed by atoms with van der Waals surface area (Å²) in [5.74, 6) is 1.17. The second-order valence-corrected chi connectivity index (χ2v) is 6.41. The predicted molar refractivity (Wildman–Crippen MR) is 91.3 cm³/mol. The monoisotopic (exact) mass is 451 g/mol. The number of aromatic nitrogens is 2. The fourth-order valence-corrected chi connectivity index (χ4v) is 2.69. The molecular weight excluding hydrogens is 440 g/mol. The molecular formula is C13H12BrClIN3. The average Bonchev–Trinajstić information content (AvgIpc) is 2.38. The minimum absolute atomic E-state index is 0.528. The number of rotatable bonds is 3. The Morgan fingerprint density at radius 1 is 1.37 bits per heavy atom. The van der Waals surface area contributed by atoms with Crippen LogP contribution in [0.3, 0.4) is 0 Å². The van der Waals surface area contributed by atoms with Gasteiger partial charge in [0.05, 0.1) is 14.3 Å². The molecule has 0 spiro atoms. The molecule has 0 bridgehead atoms. The summed E-state index contributed by atoms with van der Waals surface area (Å²) in [6.45, 7) is 2.12. The smallest absolute Gasteiger partial charge is 0.161 e. The van der Waals surface area contributed by atoms with Gasteiger partial charge in [0.15, 0.2) is 5.82 Å². The van der Waals surface area contributed by atoms with Crippen molar-refractivity contribution in [2.24, 2.45) is 0 Å². The molecule has 1 heterocycles. The number of nitrogens with two attached hydrogens (primary N) is 1. The van der Waals surface area contributed by atoms with Crippen LogP contribution in [0.1, 0.15) is 19.0 Å². The molecule has 0 amide bonds. The van der Waals surface area contributed by atoms with Crippen molar-refractivity contribution < 1.29 is 0 Å². The summed E-state index contributed by atoms with van der Waals surface area (Å²) in [7, 11) is 0. The molecule has 0 unspecified atom stereocenters. The van der Waals surface area contributed by atoms with Crippen LogP contribution in [0.2, 0.25) is 5.02 Å². The van der Waals surface area contributed by atoms with E-state index < -0.39 is 0 Å². The molecule has 0 saturated carbocycles. The molecule has 19 heavy (non-hydrogen) atoms. The highest BCUT2D eigenvalue weighted by Gasteiger charge is 2.11. The number of benzene rings is 1. The first-order valence-electron chi connectivity index (χ1n) is 5.80. The van der Waals surface area contributed by atoms with Gasteiger partial charge in [0.25, 0.3) is 0 Å². The SMILES string of the molecule is CCCc1nc(-c2ccc(Cl)c(Br)c2)nc(N)c1I. The van der Waals surface area contributed by atoms with Crippen LogP contribution in [-0.4, -0.2) is 9.97 Å². The highest BCUT2D eigenvalue weighted by Crippen LogP contribution is 2.29. The Bertz CT molecular complexity index is 619. The van der Waals surface area contributed by atoms with Crippen molar-refractivity contribution in [2.75, 3.05) is 5.73 Å². The average molecular weight is 453 g/mol. The van der Waals surface area contributed by atoms with Gasteiger partial charge in [-0.25, -0.2) is 9.97 Å². The van der Waals surface area contributed by atoms with E-state index in [1.807, 2.05) is 18.2 Å². The zero-order valence-electron chi connectivity index (χ0n) is 10.3. The van der Waals surface area contributed by atoms with Gasteiger partial charge in [-0.15, -0.1) is 0 Å². The molecule has 3 nitrogen and oxygen atoms in total. The number of aryl methyl sites for hydroxylation is 1. The second-order valence-electron chi connectivity index (χ2n) is 4.07. The Morgan fingerprint density at radius 3 is 2.74 bits per heavy atom. The van der Waals surface area contributed by atoms with E-state index in [4.69, 9.17) is 17.3 Å². The molecule has 2 rings (SSSR count). The number of nitrogens with zero attached hydrogens (tertiary/aromatic N) is 2. The fourth-order valence-electron chi connectivity index (χ4n) is 1.68. The van der Waals surface area contributed by atoms with Gasteiger partial charge < -0.3 is 5.73 Å². The van der Waals surface area contributed by atoms with Gasteiger partial charge in [0, 0.05) is 10.0 Å². The van der Waals surface area contributed by atoms with Gasteiger partial charge in [0.2, 0.25) is 0 Å². The zero-order valence-corrected chi connectivity index (χ0v) is 14.8. The number of nitrogen functional groups attached to an aromatic ring is 1. The van der Waals surface area contributed by atoms with E-state index in [-0.39, 0.29) is 0 Å². The van der Waals surface area contributed by atoms with Gasteiger partial charge in [-0.1, -0.05) is 24.9 Å². The third-order valence-corrected chi connectivity index (χ3v) is 5.00. The molecule has 0 atom stereocenters. The summed E-state index contributed by atoms with van der Waals surface area (Å²) in [6.07, 6.45) is 1.92. The van der Waals surface area contributed by atoms with Gasteiger partial charge in [-0.05, 0) is 63.1 Å². The summed E-state index contributed by atoms with van der Waals surface area (Å²) >= 11 is 11.6. The van der Waals surface area contributed by atoms with E-state index >= 15 is 0 Å². The molecule has 0 fully saturated rings. The maximum Gasteiger partial charge on any atom is 0.161 e. The van der Waals surface area contributed by atoms with Crippen molar-refractivity contribution in [2.45, 2.75) is 19.8 Å². The summed E-state index contributed by atoms with van der Waals surface area (Å²) in [5.41, 5.74) is 7.86. The highest BCUT2D eigenvalue weighted by atomic mass is 127. The van der Waals surface area contributed by atoms with Gasteiger partial charge in [0.1, 0.15) is 5.82 Å². The molecule has 100 valence electrons. The Kier molecular flexibility index (Phi) is 5.03. The van der Waals surface area contributed by atoms with Crippen LogP contribution in [0.15, 0.2) is 22.7 Å². The maximum atomic E-state index is 5.99. The fraction of sp³-hybridized carbons (Fsp3) is 0.231. The molecule has 0 aliphatic carbocycles. The molecule has 1 aromatic carbocycles. The van der Waals surface area contributed by atoms with Crippen LogP contribution >= 0.6 is 50.1 Å². The lowest BCUT2D eigenvalue weighted by atomic mass is 10.2. The first kappa shape index (κ1) is 15.0. The molecule has 2 aromatic rings. The topological polar surface area (TPSA) is 51.8 Å². The minimum atomic E-state index is 0.528. The molecule has 2 N–H and O–H groups in total. The van der Waals surface area contributed by atoms with Crippen LogP contribution < -0.4 is 5.73 Å². The highest BCUT2D eigenvalue weighted by molar-refractivity contribution is 14.1. The predicted octanol–water partition coefficient (Wildman–Crippen LogP) is 4.70. The maximum absolute atomic E-state index is 5.99. The lowest BCUT2D eigenvalue weighted by molar-refractivity contribution is 0.869. The van der Waals surface area contributed by atoms with E-state index in [0.29, 0.717) is 16.7 Å². The van der Waals surface area contributed by atoms with Crippen LogP contribution in [0, 0.1) is 3.57 Å². The quantitative estimate of drug-likeness (QED) is 0.687. The first-order chi connectivity index (χ1) is 9.02. The third-order valence-electron chi connectivity index (χ3n) is 2.61. The Balaban J connectivity index is 2.52. The molecule has 1 aromatic heterocycles. The van der Waals surface area contributed by atoms with Crippen LogP contribution in [0.25, 0.3) is 11.4 Å². The molecule has 0 saturated heterocycles. The standard InChI is InChI=1S/C13H12BrClIN3/c1-2-3-10-11(16)12(17)19-13(18-10)7-4-5-9(15)8(14)6-7/h4-6H,2-3H2,1H3,(H2,17,18,19). The number of hydrogen-bond donors (Lipinski definition) is 1. The van der Waals surface area contributed by atoms with E-state index in [9.17, 15) is 0 Å². The van der Waals surface area contributed by atoms with Crippen LogP contribution in [0.4, 0.5) is 5.82 Å². The van der Waals surface area contributed by atoms with Crippen molar-refractivity contribution in [3.63, 3.8) is 0 Å². The summed E-state index contributed by atoms with van der Waals surface area (Å²) in [4.78, 5) is 8.95. The van der Waals surface area contributed by atoms with E-state index in [2.05, 4.69) is 55.4 Å². The first-order valence-corrected chi connectivity index (χ1v) is 8.05. The van der Waals surface area contributed by atoms with Crippen molar-refractivity contribution in [3.8, 4) is 11.4 Å². The molecule has 6 heteroatoms. The van der Waals surface area contributed by atoms with Crippen molar-refractivity contribution >= 4 is 55.9 Å². The van der Waals surface area contributed by atoms with E-state index in [0.717, 1.165) is 32.1 Å². The largest absolute Gasteiger partial charge is 0.383 e. The van der Waals surface area contributed by atoms with Gasteiger partial charge in [-0.3, -0.25) is 0 Å². The van der Waals surface area contributed by atoms with Crippen molar-refractivity contribution in [3.05, 3.63) is 37.0 Å². The van der Waals surface area contributed by atoms with E-state index in [1.165, 1.54) is 0 Å². The van der Waals surface area contributed by atoms with E-state index in [1.54, 1.807) is 0 Å². The minimum Gasteiger partial charge on any atom is -0.383 e. The lowest BCUT2D eigenvalue weighted by Gasteiger charge is -2.09. The van der Waals surface area contributed by atoms with Crippen LogP contribution in [-0.2, 0) is 6.42 Å². The molecule has 0 aliphatic rings. The molecule has 0 aliphatic heterocycles. The number of halogens is 3. The number of hydrogen-bond acceptors (Lipinski definition) is 3. The Morgan fingerprint density at radius 2 is 2.11 bits per heavy atom.